The summed E-state index contributed by atoms with van der Waals surface area (Å²) in [6.07, 6.45) is -1.42. The molecule has 0 bridgehead atoms. The van der Waals surface area contributed by atoms with E-state index in [2.05, 4.69) is 5.32 Å². The van der Waals surface area contributed by atoms with Crippen LogP contribution in [0.15, 0.2) is 48.5 Å². The number of aliphatic hydroxyl groups is 1. The first kappa shape index (κ1) is 17.0. The highest BCUT2D eigenvalue weighted by Crippen LogP contribution is 2.21. The second-order valence-corrected chi connectivity index (χ2v) is 5.79. The normalized spacial score (nSPS) is 17.2. The number of methoxy groups -OCH3 is 1. The number of aliphatic hydroxyl groups excluding tert-OH is 1. The Kier molecular flexibility index (Phi) is 5.00. The van der Waals surface area contributed by atoms with Crippen LogP contribution in [0.2, 0.25) is 0 Å². The van der Waals surface area contributed by atoms with Crippen LogP contribution in [0, 0.1) is 0 Å². The summed E-state index contributed by atoms with van der Waals surface area (Å²) in [5, 5.41) is 12.8. The third kappa shape index (κ3) is 3.80. The Balaban J connectivity index is 1.58. The van der Waals surface area contributed by atoms with Crippen molar-refractivity contribution in [3.63, 3.8) is 0 Å². The van der Waals surface area contributed by atoms with E-state index in [-0.39, 0.29) is 6.54 Å². The van der Waals surface area contributed by atoms with Crippen molar-refractivity contribution < 1.29 is 24.2 Å². The highest BCUT2D eigenvalue weighted by Gasteiger charge is 2.31. The minimum absolute atomic E-state index is 0.0286. The molecule has 0 fully saturated rings. The molecule has 0 saturated heterocycles. The number of nitrogens with one attached hydrogen (secondary N) is 1. The van der Waals surface area contributed by atoms with Crippen LogP contribution in [0.3, 0.4) is 0 Å². The van der Waals surface area contributed by atoms with E-state index in [1.54, 1.807) is 43.5 Å². The van der Waals surface area contributed by atoms with Crippen molar-refractivity contribution in [2.75, 3.05) is 13.7 Å². The fourth-order valence-corrected chi connectivity index (χ4v) is 2.73. The van der Waals surface area contributed by atoms with E-state index >= 15 is 0 Å². The van der Waals surface area contributed by atoms with Gasteiger partial charge in [-0.25, -0.2) is 4.79 Å². The van der Waals surface area contributed by atoms with Gasteiger partial charge in [0.25, 0.3) is 5.91 Å². The van der Waals surface area contributed by atoms with Gasteiger partial charge in [0.05, 0.1) is 18.8 Å². The summed E-state index contributed by atoms with van der Waals surface area (Å²) in [5.41, 5.74) is 1.94. The molecule has 1 aliphatic heterocycles. The van der Waals surface area contributed by atoms with Crippen molar-refractivity contribution in [1.29, 1.82) is 0 Å². The van der Waals surface area contributed by atoms with Crippen molar-refractivity contribution in [3.05, 3.63) is 65.2 Å². The Hall–Kier alpha value is -2.86. The summed E-state index contributed by atoms with van der Waals surface area (Å²) < 4.78 is 10.3. The molecule has 3 rings (SSSR count). The molecule has 0 saturated carbocycles. The maximum Gasteiger partial charge on any atom is 0.339 e. The van der Waals surface area contributed by atoms with Gasteiger partial charge in [-0.3, -0.25) is 4.79 Å². The van der Waals surface area contributed by atoms with Crippen LogP contribution in [0.5, 0.6) is 5.75 Å². The quantitative estimate of drug-likeness (QED) is 0.808. The van der Waals surface area contributed by atoms with Crippen LogP contribution in [0.1, 0.15) is 27.6 Å². The maximum absolute atomic E-state index is 12.3. The second kappa shape index (κ2) is 7.36. The third-order valence-electron chi connectivity index (χ3n) is 4.15. The molecule has 2 N–H and O–H groups in total. The van der Waals surface area contributed by atoms with E-state index in [1.807, 2.05) is 12.1 Å². The molecule has 2 aromatic carbocycles. The number of benzene rings is 2. The monoisotopic (exact) mass is 341 g/mol. The molecule has 1 heterocycles. The van der Waals surface area contributed by atoms with Crippen molar-refractivity contribution in [3.8, 4) is 5.75 Å². The Labute approximate surface area is 145 Å². The third-order valence-corrected chi connectivity index (χ3v) is 4.15. The molecule has 1 aliphatic rings. The van der Waals surface area contributed by atoms with Gasteiger partial charge in [-0.15, -0.1) is 0 Å². The van der Waals surface area contributed by atoms with Gasteiger partial charge >= 0.3 is 5.97 Å². The van der Waals surface area contributed by atoms with E-state index < -0.39 is 24.1 Å². The number of ether oxygens (including phenoxy) is 2. The topological polar surface area (TPSA) is 84.9 Å². The van der Waals surface area contributed by atoms with Crippen molar-refractivity contribution in [2.45, 2.75) is 18.6 Å². The molecule has 0 aliphatic carbocycles. The lowest BCUT2D eigenvalue weighted by Gasteiger charge is -2.24. The molecular formula is C19H19NO5. The van der Waals surface area contributed by atoms with Crippen molar-refractivity contribution in [1.82, 2.24) is 5.32 Å². The molecule has 6 nitrogen and oxygen atoms in total. The average Bonchev–Trinajstić information content (AvgIpc) is 2.65. The molecule has 0 radical (unpaired) electrons. The average molecular weight is 341 g/mol. The van der Waals surface area contributed by atoms with E-state index in [4.69, 9.17) is 9.47 Å². The summed E-state index contributed by atoms with van der Waals surface area (Å²) in [6, 6.07) is 14.0. The Morgan fingerprint density at radius 3 is 2.72 bits per heavy atom. The Morgan fingerprint density at radius 2 is 2.00 bits per heavy atom. The Bertz CT molecular complexity index is 772. The predicted octanol–water partition coefficient (Wildman–Crippen LogP) is 1.63. The molecule has 0 spiro atoms. The van der Waals surface area contributed by atoms with Crippen LogP contribution in [0.25, 0.3) is 0 Å². The van der Waals surface area contributed by atoms with Crippen LogP contribution >= 0.6 is 0 Å². The van der Waals surface area contributed by atoms with Crippen LogP contribution < -0.4 is 10.1 Å². The van der Waals surface area contributed by atoms with Gasteiger partial charge in [-0.05, 0) is 29.3 Å². The summed E-state index contributed by atoms with van der Waals surface area (Å²) in [4.78, 5) is 24.2. The second-order valence-electron chi connectivity index (χ2n) is 5.79. The lowest BCUT2D eigenvalue weighted by molar-refractivity contribution is -0.130. The SMILES string of the molecule is COc1ccc([C@H](O)CNC(=O)[C@H]2Cc3ccccc3C(=O)O2)cc1. The largest absolute Gasteiger partial charge is 0.497 e. The van der Waals surface area contributed by atoms with Crippen molar-refractivity contribution in [2.24, 2.45) is 0 Å². The van der Waals surface area contributed by atoms with Gasteiger partial charge < -0.3 is 19.9 Å². The van der Waals surface area contributed by atoms with E-state index in [9.17, 15) is 14.7 Å². The van der Waals surface area contributed by atoms with Crippen LogP contribution in [-0.4, -0.2) is 36.7 Å². The minimum atomic E-state index is -0.884. The smallest absolute Gasteiger partial charge is 0.339 e. The predicted molar refractivity (Wildman–Crippen MR) is 90.3 cm³/mol. The molecule has 25 heavy (non-hydrogen) atoms. The number of hydrogen-bond donors (Lipinski definition) is 2. The minimum Gasteiger partial charge on any atom is -0.497 e. The highest BCUT2D eigenvalue weighted by atomic mass is 16.5. The van der Waals surface area contributed by atoms with E-state index in [0.29, 0.717) is 23.3 Å². The summed E-state index contributed by atoms with van der Waals surface area (Å²) in [7, 11) is 1.56. The lowest BCUT2D eigenvalue weighted by atomic mass is 9.98. The summed E-state index contributed by atoms with van der Waals surface area (Å²) >= 11 is 0. The number of carbonyl (C=O) groups is 2. The zero-order valence-corrected chi connectivity index (χ0v) is 13.8. The van der Waals surface area contributed by atoms with Gasteiger partial charge in [-0.2, -0.15) is 0 Å². The van der Waals surface area contributed by atoms with Crippen LogP contribution in [0.4, 0.5) is 0 Å². The highest BCUT2D eigenvalue weighted by molar-refractivity contribution is 5.95. The molecule has 2 atom stereocenters. The molecule has 130 valence electrons. The molecule has 0 unspecified atom stereocenters. The first-order valence-electron chi connectivity index (χ1n) is 7.97. The molecule has 1 amide bonds. The zero-order valence-electron chi connectivity index (χ0n) is 13.8. The summed E-state index contributed by atoms with van der Waals surface area (Å²) in [6.45, 7) is 0.0286. The number of hydrogen-bond acceptors (Lipinski definition) is 5. The fourth-order valence-electron chi connectivity index (χ4n) is 2.73. The standard InChI is InChI=1S/C19H19NO5/c1-24-14-8-6-12(7-9-14)16(21)11-20-18(22)17-10-13-4-2-3-5-15(13)19(23)25-17/h2-9,16-17,21H,10-11H2,1H3,(H,20,22)/t16-,17-/m1/s1. The molecule has 0 aromatic heterocycles. The van der Waals surface area contributed by atoms with E-state index in [0.717, 1.165) is 5.56 Å². The maximum atomic E-state index is 12.3. The van der Waals surface area contributed by atoms with Gasteiger partial charge in [0.2, 0.25) is 0 Å². The zero-order chi connectivity index (χ0) is 17.8. The molecule has 6 heteroatoms. The fraction of sp³-hybridized carbons (Fsp3) is 0.263. The van der Waals surface area contributed by atoms with Gasteiger partial charge in [0.1, 0.15) is 5.75 Å². The van der Waals surface area contributed by atoms with Gasteiger partial charge in [0.15, 0.2) is 6.10 Å². The number of esters is 1. The van der Waals surface area contributed by atoms with E-state index in [1.165, 1.54) is 0 Å². The first-order valence-corrected chi connectivity index (χ1v) is 7.97. The molecule has 2 aromatic rings. The number of fused-ring (bicyclic) bond motifs is 1. The number of cyclic esters (lactones) is 1. The van der Waals surface area contributed by atoms with Crippen molar-refractivity contribution >= 4 is 11.9 Å². The van der Waals surface area contributed by atoms with Crippen LogP contribution in [-0.2, 0) is 16.0 Å². The first-order chi connectivity index (χ1) is 12.1. The Morgan fingerprint density at radius 1 is 1.28 bits per heavy atom. The number of amides is 1. The molecular weight excluding hydrogens is 322 g/mol. The lowest BCUT2D eigenvalue weighted by Crippen LogP contribution is -2.43. The van der Waals surface area contributed by atoms with Gasteiger partial charge in [-0.1, -0.05) is 30.3 Å². The van der Waals surface area contributed by atoms with Gasteiger partial charge in [0, 0.05) is 13.0 Å². The number of rotatable bonds is 5. The number of carbonyl (C=O) groups excluding carboxylic acids is 2. The summed E-state index contributed by atoms with van der Waals surface area (Å²) in [5.74, 6) is -0.235.